The Bertz CT molecular complexity index is 900. The standard InChI is InChI=1S/C18H15Cl2N3O3/c19-10-2-1-9(12(20)5-10)7-22-8-11(6-21-22)23-17(24)15-13-3-4-14(26-13)16(15)18(23)25/h1-2,5-6,8,13-16H,3-4,7H2/t13-,14-,15-,16+/m1/s1. The number of benzene rings is 1. The average Bonchev–Trinajstić information content (AvgIpc) is 3.35. The molecule has 3 saturated heterocycles. The minimum Gasteiger partial charge on any atom is -0.373 e. The third-order valence-electron chi connectivity index (χ3n) is 5.51. The molecule has 5 rings (SSSR count). The average molecular weight is 392 g/mol. The van der Waals surface area contributed by atoms with Crippen LogP contribution in [0.3, 0.4) is 0 Å². The van der Waals surface area contributed by atoms with Gasteiger partial charge in [-0.2, -0.15) is 5.10 Å². The van der Waals surface area contributed by atoms with Crippen molar-refractivity contribution in [2.45, 2.75) is 31.6 Å². The maximum atomic E-state index is 12.8. The largest absolute Gasteiger partial charge is 0.373 e. The van der Waals surface area contributed by atoms with Gasteiger partial charge >= 0.3 is 0 Å². The number of imide groups is 1. The Kier molecular flexibility index (Phi) is 3.64. The van der Waals surface area contributed by atoms with Crippen LogP contribution in [0.1, 0.15) is 18.4 Å². The van der Waals surface area contributed by atoms with Crippen molar-refractivity contribution in [1.29, 1.82) is 0 Å². The Morgan fingerprint density at radius 2 is 1.81 bits per heavy atom. The Morgan fingerprint density at radius 3 is 2.46 bits per heavy atom. The summed E-state index contributed by atoms with van der Waals surface area (Å²) < 4.78 is 7.41. The normalized spacial score (nSPS) is 29.7. The molecule has 3 fully saturated rings. The molecule has 2 aromatic rings. The van der Waals surface area contributed by atoms with Gasteiger partial charge in [-0.05, 0) is 30.5 Å². The van der Waals surface area contributed by atoms with E-state index in [1.807, 2.05) is 6.07 Å². The van der Waals surface area contributed by atoms with Crippen LogP contribution in [0.5, 0.6) is 0 Å². The van der Waals surface area contributed by atoms with E-state index >= 15 is 0 Å². The molecule has 1 aromatic carbocycles. The molecule has 8 heteroatoms. The van der Waals surface area contributed by atoms with E-state index in [0.717, 1.165) is 18.4 Å². The van der Waals surface area contributed by atoms with Crippen molar-refractivity contribution < 1.29 is 14.3 Å². The molecule has 0 aliphatic carbocycles. The van der Waals surface area contributed by atoms with Crippen LogP contribution < -0.4 is 4.90 Å². The maximum Gasteiger partial charge on any atom is 0.240 e. The molecule has 4 heterocycles. The first-order valence-corrected chi connectivity index (χ1v) is 9.28. The van der Waals surface area contributed by atoms with Crippen LogP contribution >= 0.6 is 23.2 Å². The molecular formula is C18H15Cl2N3O3. The SMILES string of the molecule is O=C1[C@@H]2[C@H](C(=O)N1c1cnn(Cc3ccc(Cl)cc3Cl)c1)[C@H]1CC[C@H]2O1. The Balaban J connectivity index is 1.40. The van der Waals surface area contributed by atoms with Crippen LogP contribution in [0.2, 0.25) is 10.0 Å². The summed E-state index contributed by atoms with van der Waals surface area (Å²) in [4.78, 5) is 26.9. The summed E-state index contributed by atoms with van der Waals surface area (Å²) in [5, 5.41) is 5.40. The van der Waals surface area contributed by atoms with Crippen molar-refractivity contribution in [3.8, 4) is 0 Å². The highest BCUT2D eigenvalue weighted by Gasteiger charge is 2.62. The zero-order valence-electron chi connectivity index (χ0n) is 13.6. The number of halogens is 2. The van der Waals surface area contributed by atoms with E-state index in [1.165, 1.54) is 4.90 Å². The first-order chi connectivity index (χ1) is 12.5. The number of carbonyl (C=O) groups excluding carboxylic acids is 2. The lowest BCUT2D eigenvalue weighted by atomic mass is 9.81. The number of carbonyl (C=O) groups is 2. The van der Waals surface area contributed by atoms with Crippen LogP contribution in [-0.2, 0) is 20.9 Å². The topological polar surface area (TPSA) is 64.4 Å². The van der Waals surface area contributed by atoms with Crippen LogP contribution in [0.15, 0.2) is 30.6 Å². The van der Waals surface area contributed by atoms with Gasteiger partial charge in [0.15, 0.2) is 0 Å². The van der Waals surface area contributed by atoms with Gasteiger partial charge < -0.3 is 4.74 Å². The summed E-state index contributed by atoms with van der Waals surface area (Å²) in [5.41, 5.74) is 1.35. The second-order valence-electron chi connectivity index (χ2n) is 6.99. The molecule has 1 aromatic heterocycles. The quantitative estimate of drug-likeness (QED) is 0.754. The summed E-state index contributed by atoms with van der Waals surface area (Å²) in [5.74, 6) is -1.02. The highest BCUT2D eigenvalue weighted by Crippen LogP contribution is 2.49. The van der Waals surface area contributed by atoms with Gasteiger partial charge in [0, 0.05) is 16.2 Å². The summed E-state index contributed by atoms with van der Waals surface area (Å²) in [6.45, 7) is 0.424. The highest BCUT2D eigenvalue weighted by molar-refractivity contribution is 6.35. The number of ether oxygens (including phenoxy) is 1. The predicted molar refractivity (Wildman–Crippen MR) is 95.2 cm³/mol. The molecule has 0 unspecified atom stereocenters. The fourth-order valence-electron chi connectivity index (χ4n) is 4.35. The number of anilines is 1. The van der Waals surface area contributed by atoms with Crippen molar-refractivity contribution >= 4 is 40.7 Å². The van der Waals surface area contributed by atoms with Gasteiger partial charge in [0.1, 0.15) is 0 Å². The Hall–Kier alpha value is -1.89. The molecule has 2 amide bonds. The summed E-state index contributed by atoms with van der Waals surface area (Å²) in [6.07, 6.45) is 4.72. The van der Waals surface area contributed by atoms with Crippen molar-refractivity contribution in [3.05, 3.63) is 46.2 Å². The van der Waals surface area contributed by atoms with Gasteiger partial charge in [-0.25, -0.2) is 4.90 Å². The van der Waals surface area contributed by atoms with Gasteiger partial charge in [-0.3, -0.25) is 14.3 Å². The van der Waals surface area contributed by atoms with E-state index in [2.05, 4.69) is 5.10 Å². The minimum absolute atomic E-state index is 0.116. The molecule has 26 heavy (non-hydrogen) atoms. The molecule has 4 atom stereocenters. The molecule has 6 nitrogen and oxygen atoms in total. The Morgan fingerprint density at radius 1 is 1.12 bits per heavy atom. The maximum absolute atomic E-state index is 12.8. The monoisotopic (exact) mass is 391 g/mol. The molecule has 0 N–H and O–H groups in total. The van der Waals surface area contributed by atoms with Gasteiger partial charge in [-0.1, -0.05) is 29.3 Å². The molecule has 2 bridgehead atoms. The van der Waals surface area contributed by atoms with Crippen LogP contribution in [0.4, 0.5) is 5.69 Å². The highest BCUT2D eigenvalue weighted by atomic mass is 35.5. The third kappa shape index (κ3) is 2.32. The molecule has 0 saturated carbocycles. The molecule has 134 valence electrons. The van der Waals surface area contributed by atoms with Gasteiger partial charge in [0.2, 0.25) is 11.8 Å². The van der Waals surface area contributed by atoms with Crippen LogP contribution in [0.25, 0.3) is 0 Å². The van der Waals surface area contributed by atoms with Crippen molar-refractivity contribution in [1.82, 2.24) is 9.78 Å². The third-order valence-corrected chi connectivity index (χ3v) is 6.10. The van der Waals surface area contributed by atoms with Crippen LogP contribution in [0, 0.1) is 11.8 Å². The van der Waals surface area contributed by atoms with E-state index in [9.17, 15) is 9.59 Å². The summed E-state index contributed by atoms with van der Waals surface area (Å²) in [6, 6.07) is 5.27. The van der Waals surface area contributed by atoms with Crippen molar-refractivity contribution in [3.63, 3.8) is 0 Å². The fraction of sp³-hybridized carbons (Fsp3) is 0.389. The summed E-state index contributed by atoms with van der Waals surface area (Å²) >= 11 is 12.1. The molecule has 3 aliphatic heterocycles. The summed E-state index contributed by atoms with van der Waals surface area (Å²) in [7, 11) is 0. The van der Waals surface area contributed by atoms with E-state index < -0.39 is 0 Å². The first kappa shape index (κ1) is 16.3. The number of hydrogen-bond acceptors (Lipinski definition) is 4. The predicted octanol–water partition coefficient (Wildman–Crippen LogP) is 2.91. The number of hydrogen-bond donors (Lipinski definition) is 0. The zero-order chi connectivity index (χ0) is 18.0. The van der Waals surface area contributed by atoms with E-state index in [-0.39, 0.29) is 35.9 Å². The lowest BCUT2D eigenvalue weighted by Crippen LogP contribution is -2.34. The van der Waals surface area contributed by atoms with E-state index in [0.29, 0.717) is 22.3 Å². The van der Waals surface area contributed by atoms with Crippen molar-refractivity contribution in [2.24, 2.45) is 11.8 Å². The number of rotatable bonds is 3. The number of aromatic nitrogens is 2. The zero-order valence-corrected chi connectivity index (χ0v) is 15.2. The van der Waals surface area contributed by atoms with E-state index in [1.54, 1.807) is 29.2 Å². The van der Waals surface area contributed by atoms with Crippen LogP contribution in [-0.4, -0.2) is 33.8 Å². The number of nitrogens with zero attached hydrogens (tertiary/aromatic N) is 3. The van der Waals surface area contributed by atoms with Gasteiger partial charge in [0.25, 0.3) is 0 Å². The second-order valence-corrected chi connectivity index (χ2v) is 7.83. The smallest absolute Gasteiger partial charge is 0.240 e. The van der Waals surface area contributed by atoms with Crippen molar-refractivity contribution in [2.75, 3.05) is 4.90 Å². The fourth-order valence-corrected chi connectivity index (χ4v) is 4.81. The number of fused-ring (bicyclic) bond motifs is 5. The first-order valence-electron chi connectivity index (χ1n) is 8.52. The molecular weight excluding hydrogens is 377 g/mol. The molecule has 3 aliphatic rings. The molecule has 0 spiro atoms. The number of amides is 2. The van der Waals surface area contributed by atoms with Gasteiger partial charge in [-0.15, -0.1) is 0 Å². The van der Waals surface area contributed by atoms with E-state index in [4.69, 9.17) is 27.9 Å². The Labute approximate surface area is 159 Å². The lowest BCUT2D eigenvalue weighted by Gasteiger charge is -2.15. The second kappa shape index (κ2) is 5.81. The van der Waals surface area contributed by atoms with Gasteiger partial charge in [0.05, 0.1) is 42.5 Å². The lowest BCUT2D eigenvalue weighted by molar-refractivity contribution is -0.124. The molecule has 0 radical (unpaired) electrons. The minimum atomic E-state index is -0.338.